The first-order valence-corrected chi connectivity index (χ1v) is 11.1. The molecule has 0 aliphatic rings. The van der Waals surface area contributed by atoms with Crippen LogP contribution < -0.4 is 10.5 Å². The number of amides is 1. The number of benzene rings is 2. The fourth-order valence-electron chi connectivity index (χ4n) is 3.75. The zero-order valence-electron chi connectivity index (χ0n) is 19.0. The van der Waals surface area contributed by atoms with E-state index in [1.54, 1.807) is 19.9 Å². The first-order valence-electron chi connectivity index (χ1n) is 10.8. The number of carbonyl (C=O) groups excluding carboxylic acids is 1. The lowest BCUT2D eigenvalue weighted by atomic mass is 10.1. The van der Waals surface area contributed by atoms with Gasteiger partial charge >= 0.3 is 0 Å². The largest absolute Gasteiger partial charge is 0.291 e. The van der Waals surface area contributed by atoms with Crippen LogP contribution in [0.1, 0.15) is 39.8 Å². The molecule has 0 atom stereocenters. The average molecular weight is 480 g/mol. The first-order chi connectivity index (χ1) is 16.3. The molecule has 2 aromatic heterocycles. The molecule has 0 saturated heterocycles. The number of halogens is 2. The van der Waals surface area contributed by atoms with Crippen LogP contribution in [0.5, 0.6) is 0 Å². The third kappa shape index (κ3) is 4.63. The van der Waals surface area contributed by atoms with E-state index in [2.05, 4.69) is 15.1 Å². The molecule has 7 nitrogen and oxygen atoms in total. The van der Waals surface area contributed by atoms with Crippen LogP contribution in [0.25, 0.3) is 5.95 Å². The summed E-state index contributed by atoms with van der Waals surface area (Å²) < 4.78 is 15.2. The van der Waals surface area contributed by atoms with Crippen LogP contribution in [0.3, 0.4) is 0 Å². The van der Waals surface area contributed by atoms with Crippen LogP contribution in [0.4, 0.5) is 10.2 Å². The molecule has 1 N–H and O–H groups in total. The van der Waals surface area contributed by atoms with Gasteiger partial charge in [-0.1, -0.05) is 48.9 Å². The summed E-state index contributed by atoms with van der Waals surface area (Å²) in [4.78, 5) is 35.1. The number of carbonyl (C=O) groups is 1. The highest BCUT2D eigenvalue weighted by Gasteiger charge is 2.25. The van der Waals surface area contributed by atoms with Crippen LogP contribution >= 0.6 is 11.6 Å². The number of H-pyrrole nitrogens is 1. The van der Waals surface area contributed by atoms with E-state index in [-0.39, 0.29) is 28.6 Å². The Kier molecular flexibility index (Phi) is 6.61. The Morgan fingerprint density at radius 1 is 1.15 bits per heavy atom. The minimum Gasteiger partial charge on any atom is -0.291 e. The molecule has 34 heavy (non-hydrogen) atoms. The molecular formula is C25H23ClFN5O2. The molecular weight excluding hydrogens is 457 g/mol. The summed E-state index contributed by atoms with van der Waals surface area (Å²) >= 11 is 5.95. The van der Waals surface area contributed by atoms with E-state index in [0.717, 1.165) is 11.6 Å². The van der Waals surface area contributed by atoms with E-state index in [4.69, 9.17) is 11.6 Å². The maximum Gasteiger partial charge on any atom is 0.259 e. The van der Waals surface area contributed by atoms with E-state index >= 15 is 0 Å². The second kappa shape index (κ2) is 9.61. The minimum atomic E-state index is -0.609. The lowest BCUT2D eigenvalue weighted by molar-refractivity contribution is 0.0983. The van der Waals surface area contributed by atoms with Gasteiger partial charge in [-0.3, -0.25) is 19.5 Å². The molecule has 0 spiro atoms. The fourth-order valence-corrected chi connectivity index (χ4v) is 3.93. The molecule has 0 bridgehead atoms. The molecule has 0 fully saturated rings. The lowest BCUT2D eigenvalue weighted by Crippen LogP contribution is -2.33. The molecule has 0 saturated carbocycles. The smallest absolute Gasteiger partial charge is 0.259 e. The molecule has 2 heterocycles. The van der Waals surface area contributed by atoms with Gasteiger partial charge in [0, 0.05) is 22.9 Å². The Bertz CT molecular complexity index is 1410. The van der Waals surface area contributed by atoms with Crippen molar-refractivity contribution in [2.45, 2.75) is 33.7 Å². The van der Waals surface area contributed by atoms with Gasteiger partial charge in [0.2, 0.25) is 5.95 Å². The number of rotatable bonds is 6. The van der Waals surface area contributed by atoms with Gasteiger partial charge in [0.25, 0.3) is 11.5 Å². The van der Waals surface area contributed by atoms with Crippen molar-refractivity contribution in [2.24, 2.45) is 0 Å². The molecule has 9 heteroatoms. The van der Waals surface area contributed by atoms with Crippen molar-refractivity contribution in [1.82, 2.24) is 19.7 Å². The zero-order valence-corrected chi connectivity index (χ0v) is 19.7. The summed E-state index contributed by atoms with van der Waals surface area (Å²) in [5.41, 5.74) is 2.63. The van der Waals surface area contributed by atoms with Gasteiger partial charge in [-0.05, 0) is 44.0 Å². The summed E-state index contributed by atoms with van der Waals surface area (Å²) in [5.74, 6) is -0.414. The number of aromatic nitrogens is 4. The molecule has 4 rings (SSSR count). The third-order valence-corrected chi connectivity index (χ3v) is 5.74. The monoisotopic (exact) mass is 479 g/mol. The average Bonchev–Trinajstić information content (AvgIpc) is 3.20. The minimum absolute atomic E-state index is 0.146. The Hall–Kier alpha value is -3.78. The van der Waals surface area contributed by atoms with E-state index in [1.165, 1.54) is 21.7 Å². The second-order valence-electron chi connectivity index (χ2n) is 7.87. The van der Waals surface area contributed by atoms with Gasteiger partial charge in [-0.25, -0.2) is 9.37 Å². The number of aromatic amines is 1. The van der Waals surface area contributed by atoms with Gasteiger partial charge in [-0.2, -0.15) is 9.78 Å². The normalized spacial score (nSPS) is 11.0. The van der Waals surface area contributed by atoms with Crippen LogP contribution in [-0.4, -0.2) is 25.7 Å². The molecule has 174 valence electrons. The predicted octanol–water partition coefficient (Wildman–Crippen LogP) is 4.77. The van der Waals surface area contributed by atoms with E-state index in [0.29, 0.717) is 29.2 Å². The quantitative estimate of drug-likeness (QED) is 0.431. The number of hydrogen-bond acceptors (Lipinski definition) is 4. The number of nitrogens with zero attached hydrogens (tertiary/aromatic N) is 4. The summed E-state index contributed by atoms with van der Waals surface area (Å²) in [6.45, 7) is 5.64. The van der Waals surface area contributed by atoms with Gasteiger partial charge in [0.05, 0.1) is 17.3 Å². The Morgan fingerprint density at radius 3 is 2.53 bits per heavy atom. The topological polar surface area (TPSA) is 83.9 Å². The fraction of sp³-hybridized carbons (Fsp3) is 0.200. The van der Waals surface area contributed by atoms with Crippen molar-refractivity contribution in [1.29, 1.82) is 0 Å². The van der Waals surface area contributed by atoms with Crippen molar-refractivity contribution >= 4 is 23.3 Å². The zero-order chi connectivity index (χ0) is 24.4. The summed E-state index contributed by atoms with van der Waals surface area (Å²) in [6, 6.07) is 15.0. The molecule has 0 aliphatic heterocycles. The highest BCUT2D eigenvalue weighted by Crippen LogP contribution is 2.25. The van der Waals surface area contributed by atoms with Crippen LogP contribution in [-0.2, 0) is 13.0 Å². The van der Waals surface area contributed by atoms with Crippen LogP contribution in [0.2, 0.25) is 5.02 Å². The number of nitrogens with one attached hydrogen (secondary N) is 1. The number of anilines is 1. The van der Waals surface area contributed by atoms with E-state index in [9.17, 15) is 14.0 Å². The molecule has 0 aliphatic carbocycles. The molecule has 0 unspecified atom stereocenters. The lowest BCUT2D eigenvalue weighted by Gasteiger charge is -2.23. The molecule has 0 radical (unpaired) electrons. The SMILES string of the molecule is CCc1c(C)nc(-n2nc(C)cc2N(Cc2ccccc2)C(=O)c2ccc(F)c(Cl)c2)[nH]c1=O. The van der Waals surface area contributed by atoms with Crippen molar-refractivity contribution in [3.05, 3.63) is 104 Å². The van der Waals surface area contributed by atoms with Crippen molar-refractivity contribution < 1.29 is 9.18 Å². The molecule has 1 amide bonds. The van der Waals surface area contributed by atoms with Crippen molar-refractivity contribution in [3.63, 3.8) is 0 Å². The van der Waals surface area contributed by atoms with Gasteiger partial charge in [0.15, 0.2) is 0 Å². The van der Waals surface area contributed by atoms with Crippen molar-refractivity contribution in [3.8, 4) is 5.95 Å². The number of hydrogen-bond donors (Lipinski definition) is 1. The maximum absolute atomic E-state index is 13.7. The standard InChI is InChI=1S/C25H23ClFN5O2/c1-4-19-16(3)28-25(29-23(19)33)32-22(12-15(2)30-32)31(14-17-8-6-5-7-9-17)24(34)18-10-11-21(27)20(26)13-18/h5-13H,4,14H2,1-3H3,(H,28,29,33). The first kappa shape index (κ1) is 23.4. The number of aryl methyl sites for hydroxylation is 2. The van der Waals surface area contributed by atoms with E-state index in [1.807, 2.05) is 37.3 Å². The van der Waals surface area contributed by atoms with Crippen molar-refractivity contribution in [2.75, 3.05) is 4.90 Å². The van der Waals surface area contributed by atoms with Gasteiger partial charge < -0.3 is 0 Å². The van der Waals surface area contributed by atoms with Crippen LogP contribution in [0, 0.1) is 19.7 Å². The summed E-state index contributed by atoms with van der Waals surface area (Å²) in [6.07, 6.45) is 0.545. The highest BCUT2D eigenvalue weighted by molar-refractivity contribution is 6.31. The highest BCUT2D eigenvalue weighted by atomic mass is 35.5. The Balaban J connectivity index is 1.86. The Labute approximate surface area is 200 Å². The second-order valence-corrected chi connectivity index (χ2v) is 8.28. The summed E-state index contributed by atoms with van der Waals surface area (Å²) in [7, 11) is 0. The predicted molar refractivity (Wildman–Crippen MR) is 129 cm³/mol. The van der Waals surface area contributed by atoms with Gasteiger partial charge in [-0.15, -0.1) is 0 Å². The van der Waals surface area contributed by atoms with Gasteiger partial charge in [0.1, 0.15) is 11.6 Å². The Morgan fingerprint density at radius 2 is 1.88 bits per heavy atom. The third-order valence-electron chi connectivity index (χ3n) is 5.45. The summed E-state index contributed by atoms with van der Waals surface area (Å²) in [5, 5.41) is 4.35. The molecule has 4 aromatic rings. The van der Waals surface area contributed by atoms with E-state index < -0.39 is 11.7 Å². The maximum atomic E-state index is 13.7. The molecule has 2 aromatic carbocycles. The van der Waals surface area contributed by atoms with Crippen LogP contribution in [0.15, 0.2) is 59.4 Å².